The lowest BCUT2D eigenvalue weighted by Crippen LogP contribution is -1.98. The van der Waals surface area contributed by atoms with E-state index in [0.29, 0.717) is 12.5 Å². The maximum Gasteiger partial charge on any atom is 0.127 e. The average molecular weight is 255 g/mol. The van der Waals surface area contributed by atoms with Gasteiger partial charge in [0.1, 0.15) is 5.75 Å². The molecule has 2 aromatic carbocycles. The fourth-order valence-corrected chi connectivity index (χ4v) is 1.93. The second-order valence-corrected chi connectivity index (χ2v) is 4.27. The molecule has 0 aromatic heterocycles. The summed E-state index contributed by atoms with van der Waals surface area (Å²) < 4.78 is 5.67. The van der Waals surface area contributed by atoms with Crippen molar-refractivity contribution in [3.63, 3.8) is 0 Å². The van der Waals surface area contributed by atoms with Crippen LogP contribution < -0.4 is 4.74 Å². The Labute approximate surface area is 105 Å². The summed E-state index contributed by atoms with van der Waals surface area (Å²) in [6.07, 6.45) is 0.846. The summed E-state index contributed by atoms with van der Waals surface area (Å²) in [6.45, 7) is 0.634. The van der Waals surface area contributed by atoms with Crippen molar-refractivity contribution in [2.75, 3.05) is 12.5 Å². The maximum absolute atomic E-state index is 6.11. The summed E-state index contributed by atoms with van der Waals surface area (Å²) in [7, 11) is 0. The van der Waals surface area contributed by atoms with Gasteiger partial charge in [-0.05, 0) is 18.6 Å². The lowest BCUT2D eigenvalue weighted by molar-refractivity contribution is 0.322. The normalized spacial score (nSPS) is 10.6. The Morgan fingerprint density at radius 2 is 1.75 bits per heavy atom. The highest BCUT2D eigenvalue weighted by atomic mass is 35.5. The maximum atomic E-state index is 6.11. The molecule has 0 atom stereocenters. The topological polar surface area (TPSA) is 9.23 Å². The molecule has 0 aliphatic rings. The lowest BCUT2D eigenvalue weighted by Gasteiger charge is -2.09. The average Bonchev–Trinajstić information content (AvgIpc) is 2.33. The van der Waals surface area contributed by atoms with Crippen molar-refractivity contribution in [2.45, 2.75) is 6.42 Å². The van der Waals surface area contributed by atoms with Crippen LogP contribution in [-0.4, -0.2) is 12.5 Å². The molecule has 0 aliphatic carbocycles. The van der Waals surface area contributed by atoms with E-state index >= 15 is 0 Å². The van der Waals surface area contributed by atoms with Gasteiger partial charge in [0.15, 0.2) is 0 Å². The van der Waals surface area contributed by atoms with Crippen LogP contribution in [0.1, 0.15) is 6.42 Å². The molecule has 3 heteroatoms. The zero-order valence-electron chi connectivity index (χ0n) is 8.75. The van der Waals surface area contributed by atoms with Crippen molar-refractivity contribution in [1.29, 1.82) is 0 Å². The molecule has 2 aromatic rings. The van der Waals surface area contributed by atoms with Crippen molar-refractivity contribution in [3.8, 4) is 5.75 Å². The van der Waals surface area contributed by atoms with Crippen LogP contribution in [0, 0.1) is 0 Å². The van der Waals surface area contributed by atoms with Crippen molar-refractivity contribution >= 4 is 34.0 Å². The SMILES string of the molecule is ClCCCOc1ccc(Cl)c2ccccc12. The van der Waals surface area contributed by atoms with Crippen LogP contribution in [0.25, 0.3) is 10.8 Å². The monoisotopic (exact) mass is 254 g/mol. The minimum Gasteiger partial charge on any atom is -0.493 e. The number of alkyl halides is 1. The number of halogens is 2. The summed E-state index contributed by atoms with van der Waals surface area (Å²) in [5.74, 6) is 1.48. The molecule has 84 valence electrons. The number of hydrogen-bond acceptors (Lipinski definition) is 1. The highest BCUT2D eigenvalue weighted by Crippen LogP contribution is 2.31. The Balaban J connectivity index is 2.35. The molecule has 16 heavy (non-hydrogen) atoms. The van der Waals surface area contributed by atoms with Gasteiger partial charge in [0.2, 0.25) is 0 Å². The molecule has 0 saturated heterocycles. The highest BCUT2D eigenvalue weighted by molar-refractivity contribution is 6.35. The van der Waals surface area contributed by atoms with Crippen molar-refractivity contribution in [1.82, 2.24) is 0 Å². The molecule has 0 aliphatic heterocycles. The van der Waals surface area contributed by atoms with Crippen molar-refractivity contribution in [3.05, 3.63) is 41.4 Å². The Morgan fingerprint density at radius 1 is 1.00 bits per heavy atom. The summed E-state index contributed by atoms with van der Waals surface area (Å²) in [5.41, 5.74) is 0. The number of fused-ring (bicyclic) bond motifs is 1. The van der Waals surface area contributed by atoms with Crippen LogP contribution in [0.5, 0.6) is 5.75 Å². The van der Waals surface area contributed by atoms with E-state index in [1.165, 1.54) is 0 Å². The zero-order valence-corrected chi connectivity index (χ0v) is 10.3. The van der Waals surface area contributed by atoms with E-state index in [2.05, 4.69) is 0 Å². The quantitative estimate of drug-likeness (QED) is 0.577. The van der Waals surface area contributed by atoms with Gasteiger partial charge in [-0.2, -0.15) is 0 Å². The van der Waals surface area contributed by atoms with Gasteiger partial charge in [0.25, 0.3) is 0 Å². The fourth-order valence-electron chi connectivity index (χ4n) is 1.60. The number of hydrogen-bond donors (Lipinski definition) is 0. The first-order valence-corrected chi connectivity index (χ1v) is 6.10. The minimum absolute atomic E-state index is 0.617. The second-order valence-electron chi connectivity index (χ2n) is 3.48. The predicted octanol–water partition coefficient (Wildman–Crippen LogP) is 4.50. The van der Waals surface area contributed by atoms with E-state index in [1.807, 2.05) is 36.4 Å². The smallest absolute Gasteiger partial charge is 0.127 e. The summed E-state index contributed by atoms with van der Waals surface area (Å²) in [6, 6.07) is 11.7. The third kappa shape index (κ3) is 2.42. The minimum atomic E-state index is 0.617. The molecule has 0 amide bonds. The van der Waals surface area contributed by atoms with E-state index in [-0.39, 0.29) is 0 Å². The molecule has 0 N–H and O–H groups in total. The first kappa shape index (κ1) is 11.6. The molecular weight excluding hydrogens is 243 g/mol. The van der Waals surface area contributed by atoms with Crippen LogP contribution in [-0.2, 0) is 0 Å². The molecule has 0 fully saturated rings. The van der Waals surface area contributed by atoms with Crippen LogP contribution in [0.4, 0.5) is 0 Å². The first-order valence-electron chi connectivity index (χ1n) is 5.19. The lowest BCUT2D eigenvalue weighted by atomic mass is 10.1. The highest BCUT2D eigenvalue weighted by Gasteiger charge is 2.04. The molecule has 0 heterocycles. The van der Waals surface area contributed by atoms with Crippen molar-refractivity contribution in [2.24, 2.45) is 0 Å². The van der Waals surface area contributed by atoms with Gasteiger partial charge >= 0.3 is 0 Å². The molecule has 0 saturated carbocycles. The van der Waals surface area contributed by atoms with Crippen LogP contribution >= 0.6 is 23.2 Å². The van der Waals surface area contributed by atoms with Crippen LogP contribution in [0.15, 0.2) is 36.4 Å². The molecule has 0 unspecified atom stereocenters. The predicted molar refractivity (Wildman–Crippen MR) is 69.8 cm³/mol. The van der Waals surface area contributed by atoms with Crippen molar-refractivity contribution < 1.29 is 4.74 Å². The number of ether oxygens (including phenoxy) is 1. The van der Waals surface area contributed by atoms with Crippen LogP contribution in [0.3, 0.4) is 0 Å². The standard InChI is InChI=1S/C13H12Cl2O/c14-8-3-9-16-13-7-6-12(15)10-4-1-2-5-11(10)13/h1-2,4-7H,3,8-9H2. The van der Waals surface area contributed by atoms with Gasteiger partial charge in [-0.3, -0.25) is 0 Å². The number of benzene rings is 2. The Hall–Kier alpha value is -0.920. The van der Waals surface area contributed by atoms with E-state index in [4.69, 9.17) is 27.9 Å². The van der Waals surface area contributed by atoms with Crippen LogP contribution in [0.2, 0.25) is 5.02 Å². The number of rotatable bonds is 4. The van der Waals surface area contributed by atoms with E-state index in [9.17, 15) is 0 Å². The fraction of sp³-hybridized carbons (Fsp3) is 0.231. The third-order valence-electron chi connectivity index (χ3n) is 2.37. The van der Waals surface area contributed by atoms with E-state index < -0.39 is 0 Å². The van der Waals surface area contributed by atoms with Gasteiger partial charge in [0, 0.05) is 21.7 Å². The molecule has 1 nitrogen and oxygen atoms in total. The molecule has 0 bridgehead atoms. The summed E-state index contributed by atoms with van der Waals surface area (Å²) in [5, 5.41) is 2.82. The van der Waals surface area contributed by atoms with Gasteiger partial charge < -0.3 is 4.74 Å². The first-order chi connectivity index (χ1) is 7.83. The van der Waals surface area contributed by atoms with Gasteiger partial charge in [0.05, 0.1) is 6.61 Å². The second kappa shape index (κ2) is 5.42. The Bertz CT molecular complexity index is 482. The van der Waals surface area contributed by atoms with Gasteiger partial charge in [-0.15, -0.1) is 11.6 Å². The Kier molecular flexibility index (Phi) is 3.92. The third-order valence-corrected chi connectivity index (χ3v) is 2.96. The van der Waals surface area contributed by atoms with E-state index in [1.54, 1.807) is 0 Å². The summed E-state index contributed by atoms with van der Waals surface area (Å²) >= 11 is 11.7. The molecule has 0 radical (unpaired) electrons. The Morgan fingerprint density at radius 3 is 2.50 bits per heavy atom. The van der Waals surface area contributed by atoms with E-state index in [0.717, 1.165) is 28.0 Å². The molecule has 2 rings (SSSR count). The largest absolute Gasteiger partial charge is 0.493 e. The van der Waals surface area contributed by atoms with Gasteiger partial charge in [-0.25, -0.2) is 0 Å². The van der Waals surface area contributed by atoms with Gasteiger partial charge in [-0.1, -0.05) is 35.9 Å². The molecular formula is C13H12Cl2O. The summed E-state index contributed by atoms with van der Waals surface area (Å²) in [4.78, 5) is 0. The zero-order chi connectivity index (χ0) is 11.4. The molecule has 0 spiro atoms.